The number of ether oxygens (including phenoxy) is 2. The average molecular weight is 341 g/mol. The van der Waals surface area contributed by atoms with E-state index in [1.807, 2.05) is 14.2 Å². The topological polar surface area (TPSA) is 18.5 Å². The second-order valence-corrected chi connectivity index (χ2v) is 10.9. The monoisotopic (exact) mass is 340 g/mol. The van der Waals surface area contributed by atoms with E-state index < -0.39 is 0 Å². The first kappa shape index (κ1) is 16.4. The molecule has 0 N–H and O–H groups in total. The summed E-state index contributed by atoms with van der Waals surface area (Å²) in [5.74, 6) is 10.1. The summed E-state index contributed by atoms with van der Waals surface area (Å²) in [5.41, 5.74) is 2.70. The second-order valence-electron chi connectivity index (χ2n) is 6.22. The van der Waals surface area contributed by atoms with Gasteiger partial charge in [-0.15, -0.1) is 0 Å². The molecule has 2 aliphatic rings. The van der Waals surface area contributed by atoms with Crippen LogP contribution in [0.25, 0.3) is 0 Å². The maximum atomic E-state index is 5.71. The molecule has 1 aromatic carbocycles. The van der Waals surface area contributed by atoms with Gasteiger partial charge in [-0.1, -0.05) is 0 Å². The number of methoxy groups -OCH3 is 2. The lowest BCUT2D eigenvalue weighted by atomic mass is 10.1. The van der Waals surface area contributed by atoms with Gasteiger partial charge in [0.2, 0.25) is 0 Å². The lowest BCUT2D eigenvalue weighted by Gasteiger charge is -2.14. The SMILES string of the molecule is COc1cc(C[S+]2CCCC2)c(OC)cc1C[S+]1CCCC1. The maximum absolute atomic E-state index is 5.71. The molecule has 0 bridgehead atoms. The Morgan fingerprint density at radius 1 is 0.727 bits per heavy atom. The summed E-state index contributed by atoms with van der Waals surface area (Å²) in [6.07, 6.45) is 5.62. The third-order valence-electron chi connectivity index (χ3n) is 4.63. The highest BCUT2D eigenvalue weighted by atomic mass is 32.2. The molecule has 2 fully saturated rings. The molecule has 0 spiro atoms. The molecule has 4 heteroatoms. The fourth-order valence-corrected chi connectivity index (χ4v) is 8.17. The van der Waals surface area contributed by atoms with Crippen LogP contribution >= 0.6 is 0 Å². The summed E-state index contributed by atoms with van der Waals surface area (Å²) in [4.78, 5) is 0. The smallest absolute Gasteiger partial charge is 0.136 e. The van der Waals surface area contributed by atoms with E-state index in [0.717, 1.165) is 11.5 Å². The van der Waals surface area contributed by atoms with E-state index in [1.54, 1.807) is 0 Å². The van der Waals surface area contributed by atoms with Gasteiger partial charge >= 0.3 is 0 Å². The van der Waals surface area contributed by atoms with Crippen molar-refractivity contribution in [3.05, 3.63) is 23.3 Å². The first-order chi connectivity index (χ1) is 10.8. The summed E-state index contributed by atoms with van der Waals surface area (Å²) in [5, 5.41) is 0. The second kappa shape index (κ2) is 7.87. The Morgan fingerprint density at radius 3 is 1.41 bits per heavy atom. The molecule has 0 aromatic heterocycles. The van der Waals surface area contributed by atoms with Gasteiger partial charge in [0, 0.05) is 11.1 Å². The van der Waals surface area contributed by atoms with E-state index in [9.17, 15) is 0 Å². The van der Waals surface area contributed by atoms with Crippen LogP contribution in [0.15, 0.2) is 12.1 Å². The Labute approximate surface area is 140 Å². The van der Waals surface area contributed by atoms with Gasteiger partial charge in [-0.2, -0.15) is 0 Å². The Bertz CT molecular complexity index is 446. The molecular weight excluding hydrogens is 312 g/mol. The number of benzene rings is 1. The first-order valence-corrected chi connectivity index (χ1v) is 11.8. The van der Waals surface area contributed by atoms with Gasteiger partial charge in [-0.05, 0) is 59.6 Å². The molecule has 2 aliphatic heterocycles. The summed E-state index contributed by atoms with van der Waals surface area (Å²) < 4.78 is 11.4. The van der Waals surface area contributed by atoms with Gasteiger partial charge in [0.1, 0.15) is 46.0 Å². The van der Waals surface area contributed by atoms with Gasteiger partial charge in [-0.25, -0.2) is 0 Å². The molecule has 122 valence electrons. The van der Waals surface area contributed by atoms with Crippen LogP contribution in [-0.4, -0.2) is 37.2 Å². The minimum atomic E-state index is 0.555. The molecule has 0 unspecified atom stereocenters. The lowest BCUT2D eigenvalue weighted by Crippen LogP contribution is -2.11. The zero-order valence-electron chi connectivity index (χ0n) is 13.9. The minimum absolute atomic E-state index is 0.555. The molecule has 3 rings (SSSR count). The van der Waals surface area contributed by atoms with Crippen LogP contribution in [0, 0.1) is 0 Å². The van der Waals surface area contributed by atoms with E-state index in [4.69, 9.17) is 9.47 Å². The predicted molar refractivity (Wildman–Crippen MR) is 99.6 cm³/mol. The summed E-state index contributed by atoms with van der Waals surface area (Å²) in [6, 6.07) is 4.53. The van der Waals surface area contributed by atoms with Crippen molar-refractivity contribution in [3.8, 4) is 11.5 Å². The van der Waals surface area contributed by atoms with E-state index in [1.165, 1.54) is 71.3 Å². The Balaban J connectivity index is 1.80. The molecular formula is C18H28O2S2+2. The van der Waals surface area contributed by atoms with Crippen molar-refractivity contribution >= 4 is 21.8 Å². The minimum Gasteiger partial charge on any atom is -0.496 e. The van der Waals surface area contributed by atoms with E-state index in [-0.39, 0.29) is 0 Å². The van der Waals surface area contributed by atoms with Crippen molar-refractivity contribution in [3.63, 3.8) is 0 Å². The van der Waals surface area contributed by atoms with Gasteiger partial charge in [0.05, 0.1) is 14.2 Å². The van der Waals surface area contributed by atoms with Crippen molar-refractivity contribution in [2.24, 2.45) is 0 Å². The summed E-state index contributed by atoms with van der Waals surface area (Å²) >= 11 is 0. The molecule has 1 aromatic rings. The standard InChI is InChI=1S/C18H28O2S2/c1-19-17-11-16(14-22-9-5-6-10-22)18(20-2)12-15(17)13-21-7-3-4-8-21/h11-12H,3-10,13-14H2,1-2H3/q+2. The highest BCUT2D eigenvalue weighted by Gasteiger charge is 2.29. The van der Waals surface area contributed by atoms with Crippen LogP contribution in [0.2, 0.25) is 0 Å². The van der Waals surface area contributed by atoms with Crippen LogP contribution in [0.4, 0.5) is 0 Å². The molecule has 22 heavy (non-hydrogen) atoms. The van der Waals surface area contributed by atoms with E-state index in [0.29, 0.717) is 21.8 Å². The van der Waals surface area contributed by atoms with Crippen LogP contribution in [0.1, 0.15) is 36.8 Å². The Hall–Kier alpha value is -0.480. The van der Waals surface area contributed by atoms with Crippen molar-refractivity contribution in [2.75, 3.05) is 37.2 Å². The lowest BCUT2D eigenvalue weighted by molar-refractivity contribution is 0.397. The van der Waals surface area contributed by atoms with Crippen molar-refractivity contribution < 1.29 is 9.47 Å². The van der Waals surface area contributed by atoms with Crippen LogP contribution in [0.3, 0.4) is 0 Å². The maximum Gasteiger partial charge on any atom is 0.136 e. The van der Waals surface area contributed by atoms with E-state index in [2.05, 4.69) is 12.1 Å². The summed E-state index contributed by atoms with van der Waals surface area (Å²) in [7, 11) is 4.73. The molecule has 0 atom stereocenters. The summed E-state index contributed by atoms with van der Waals surface area (Å²) in [6.45, 7) is 0. The molecule has 0 saturated carbocycles. The third kappa shape index (κ3) is 3.88. The zero-order chi connectivity index (χ0) is 15.4. The van der Waals surface area contributed by atoms with E-state index >= 15 is 0 Å². The largest absolute Gasteiger partial charge is 0.496 e. The first-order valence-electron chi connectivity index (χ1n) is 8.32. The van der Waals surface area contributed by atoms with Gasteiger partial charge in [-0.3, -0.25) is 0 Å². The van der Waals surface area contributed by atoms with Crippen molar-refractivity contribution in [1.82, 2.24) is 0 Å². The van der Waals surface area contributed by atoms with Crippen LogP contribution in [-0.2, 0) is 33.3 Å². The molecule has 0 amide bonds. The quantitative estimate of drug-likeness (QED) is 0.738. The van der Waals surface area contributed by atoms with Gasteiger partial charge in [0.25, 0.3) is 0 Å². The van der Waals surface area contributed by atoms with Crippen molar-refractivity contribution in [1.29, 1.82) is 0 Å². The van der Waals surface area contributed by atoms with Gasteiger partial charge < -0.3 is 9.47 Å². The number of rotatable bonds is 6. The van der Waals surface area contributed by atoms with Gasteiger partial charge in [0.15, 0.2) is 0 Å². The fraction of sp³-hybridized carbons (Fsp3) is 0.667. The fourth-order valence-electron chi connectivity index (χ4n) is 3.41. The zero-order valence-corrected chi connectivity index (χ0v) is 15.5. The Morgan fingerprint density at radius 2 is 1.09 bits per heavy atom. The highest BCUT2D eigenvalue weighted by Crippen LogP contribution is 2.34. The molecule has 2 heterocycles. The number of hydrogen-bond acceptors (Lipinski definition) is 2. The number of hydrogen-bond donors (Lipinski definition) is 0. The highest BCUT2D eigenvalue weighted by molar-refractivity contribution is 7.96. The Kier molecular flexibility index (Phi) is 5.86. The van der Waals surface area contributed by atoms with Crippen LogP contribution < -0.4 is 9.47 Å². The predicted octanol–water partition coefficient (Wildman–Crippen LogP) is 3.53. The molecule has 2 saturated heterocycles. The molecule has 0 aliphatic carbocycles. The molecule has 2 nitrogen and oxygen atoms in total. The molecule has 0 radical (unpaired) electrons. The van der Waals surface area contributed by atoms with Crippen LogP contribution in [0.5, 0.6) is 11.5 Å². The normalized spacial score (nSPS) is 19.7. The average Bonchev–Trinajstić information content (AvgIpc) is 3.22. The van der Waals surface area contributed by atoms with Crippen molar-refractivity contribution in [2.45, 2.75) is 37.2 Å². The third-order valence-corrected chi connectivity index (χ3v) is 9.54.